The fourth-order valence-electron chi connectivity index (χ4n) is 3.91. The van der Waals surface area contributed by atoms with Gasteiger partial charge in [-0.25, -0.2) is 4.79 Å². The van der Waals surface area contributed by atoms with Crippen LogP contribution in [0.2, 0.25) is 0 Å². The topological polar surface area (TPSA) is 88.5 Å². The van der Waals surface area contributed by atoms with Gasteiger partial charge in [0, 0.05) is 24.0 Å². The lowest BCUT2D eigenvalue weighted by molar-refractivity contribution is -0.792. The van der Waals surface area contributed by atoms with Gasteiger partial charge in [-0.15, -0.1) is 0 Å². The molecule has 0 aromatic heterocycles. The van der Waals surface area contributed by atoms with Crippen LogP contribution < -0.4 is 0 Å². The van der Waals surface area contributed by atoms with Crippen molar-refractivity contribution in [2.75, 3.05) is 6.54 Å². The molecule has 1 saturated heterocycles. The van der Waals surface area contributed by atoms with E-state index >= 15 is 0 Å². The predicted molar refractivity (Wildman–Crippen MR) is 114 cm³/mol. The number of likely N-dealkylation sites (tertiary alicyclic amines) is 1. The molecule has 2 aromatic rings. The van der Waals surface area contributed by atoms with E-state index in [2.05, 4.69) is 0 Å². The minimum atomic E-state index is -1.20. The van der Waals surface area contributed by atoms with Gasteiger partial charge in [0.2, 0.25) is 5.12 Å². The highest BCUT2D eigenvalue weighted by atomic mass is 32.2. The summed E-state index contributed by atoms with van der Waals surface area (Å²) in [5.74, 6) is -0.885. The van der Waals surface area contributed by atoms with Crippen molar-refractivity contribution < 1.29 is 28.8 Å². The van der Waals surface area contributed by atoms with Crippen LogP contribution in [0.4, 0.5) is 4.79 Å². The Balaban J connectivity index is 1.89. The van der Waals surface area contributed by atoms with E-state index in [9.17, 15) is 24.3 Å². The summed E-state index contributed by atoms with van der Waals surface area (Å²) < 4.78 is -0.682. The fraction of sp³-hybridized carbons (Fsp3) is 0.304. The summed E-state index contributed by atoms with van der Waals surface area (Å²) >= 11 is 0.787. The number of carboxylic acid groups (broad SMARTS) is 1. The highest BCUT2D eigenvalue weighted by molar-refractivity contribution is 8.15. The number of carbonyl (C=O) groups is 4. The van der Waals surface area contributed by atoms with E-state index < -0.39 is 21.7 Å². The first-order chi connectivity index (χ1) is 14.4. The number of benzene rings is 2. The summed E-state index contributed by atoms with van der Waals surface area (Å²) in [5.41, 5.74) is 0.817. The number of rotatable bonds is 6. The van der Waals surface area contributed by atoms with E-state index in [1.165, 1.54) is 0 Å². The number of carbonyl (C=O) groups excluding carboxylic acids is 3. The molecule has 2 amide bonds. The Hall–Kier alpha value is -2.77. The van der Waals surface area contributed by atoms with Gasteiger partial charge in [0.1, 0.15) is 6.04 Å². The molecule has 0 spiro atoms. The Morgan fingerprint density at radius 1 is 1.00 bits per heavy atom. The maximum Gasteiger partial charge on any atom is 0.521 e. The second kappa shape index (κ2) is 9.36. The quantitative estimate of drug-likeness (QED) is 0.544. The third-order valence-corrected chi connectivity index (χ3v) is 6.76. The number of hydrogen-bond acceptors (Lipinski definition) is 5. The first-order valence-electron chi connectivity index (χ1n) is 9.86. The third kappa shape index (κ3) is 4.37. The van der Waals surface area contributed by atoms with Gasteiger partial charge in [-0.3, -0.25) is 9.59 Å². The van der Waals surface area contributed by atoms with Gasteiger partial charge in [0.05, 0.1) is 18.2 Å². The second-order valence-electron chi connectivity index (χ2n) is 7.45. The summed E-state index contributed by atoms with van der Waals surface area (Å²) in [5, 5.41) is 8.51. The van der Waals surface area contributed by atoms with E-state index in [1.54, 1.807) is 67.6 Å². The molecule has 6 nitrogen and oxygen atoms in total. The molecule has 0 radical (unpaired) electrons. The average molecular weight is 427 g/mol. The Bertz CT molecular complexity index is 947. The van der Waals surface area contributed by atoms with Crippen LogP contribution in [0.5, 0.6) is 0 Å². The van der Waals surface area contributed by atoms with E-state index in [1.807, 2.05) is 0 Å². The molecule has 0 bridgehead atoms. The zero-order valence-corrected chi connectivity index (χ0v) is 17.5. The summed E-state index contributed by atoms with van der Waals surface area (Å²) in [6, 6.07) is 16.6. The molecule has 2 unspecified atom stereocenters. The number of hydrogen-bond donors (Lipinski definition) is 1. The molecule has 156 valence electrons. The number of nitrogens with zero attached hydrogens (tertiary/aromatic N) is 1. The smallest absolute Gasteiger partial charge is 0.435 e. The first kappa shape index (κ1) is 21.9. The maximum atomic E-state index is 13.2. The monoisotopic (exact) mass is 426 g/mol. The molecule has 7 heteroatoms. The van der Waals surface area contributed by atoms with Crippen LogP contribution in [0.15, 0.2) is 60.7 Å². The van der Waals surface area contributed by atoms with Crippen LogP contribution in [-0.2, 0) is 4.79 Å². The van der Waals surface area contributed by atoms with Gasteiger partial charge in [-0.1, -0.05) is 72.4 Å². The summed E-state index contributed by atoms with van der Waals surface area (Å²) in [6.45, 7) is 1.95. The molecule has 2 aromatic carbocycles. The van der Waals surface area contributed by atoms with Crippen LogP contribution >= 0.6 is 11.8 Å². The third-order valence-electron chi connectivity index (χ3n) is 5.64. The minimum Gasteiger partial charge on any atom is -0.435 e. The first-order valence-corrected chi connectivity index (χ1v) is 10.7. The van der Waals surface area contributed by atoms with Crippen molar-refractivity contribution >= 4 is 34.7 Å². The number of amides is 2. The lowest BCUT2D eigenvalue weighted by Gasteiger charge is -2.30. The zero-order valence-electron chi connectivity index (χ0n) is 16.7. The Kier molecular flexibility index (Phi) is 6.84. The van der Waals surface area contributed by atoms with Crippen LogP contribution in [0.3, 0.4) is 0 Å². The van der Waals surface area contributed by atoms with Crippen molar-refractivity contribution in [1.82, 2.24) is 0 Å². The standard InChI is InChI=1S/C23H23NO5S/c1-16-9-8-14-24(16,23(28)29)20(25)15-19(21(26)17-10-4-2-5-11-17)30-22(27)18-12-6-3-7-13-18/h2-7,10-13,16,19H,8-9,14-15H2,1H3/p+1/t16-,19?,24?/m1/s1. The van der Waals surface area contributed by atoms with Crippen LogP contribution in [0, 0.1) is 0 Å². The van der Waals surface area contributed by atoms with E-state index in [0.717, 1.165) is 11.8 Å². The summed E-state index contributed by atoms with van der Waals surface area (Å²) in [6.07, 6.45) is -0.249. The Morgan fingerprint density at radius 2 is 1.57 bits per heavy atom. The van der Waals surface area contributed by atoms with E-state index in [0.29, 0.717) is 24.0 Å². The molecule has 1 heterocycles. The highest BCUT2D eigenvalue weighted by Gasteiger charge is 2.53. The van der Waals surface area contributed by atoms with Crippen molar-refractivity contribution in [1.29, 1.82) is 0 Å². The largest absolute Gasteiger partial charge is 0.521 e. The molecule has 1 fully saturated rings. The summed E-state index contributed by atoms with van der Waals surface area (Å²) in [7, 11) is 0. The van der Waals surface area contributed by atoms with Crippen molar-refractivity contribution in [3.05, 3.63) is 71.8 Å². The van der Waals surface area contributed by atoms with Crippen molar-refractivity contribution in [3.8, 4) is 0 Å². The number of ketones is 1. The van der Waals surface area contributed by atoms with Crippen LogP contribution in [-0.4, -0.2) is 50.3 Å². The van der Waals surface area contributed by atoms with Crippen molar-refractivity contribution in [2.45, 2.75) is 37.5 Å². The molecule has 0 aliphatic carbocycles. The number of imide groups is 1. The zero-order chi connectivity index (χ0) is 21.7. The van der Waals surface area contributed by atoms with Gasteiger partial charge >= 0.3 is 12.0 Å². The summed E-state index contributed by atoms with van der Waals surface area (Å²) in [4.78, 5) is 51.1. The highest BCUT2D eigenvalue weighted by Crippen LogP contribution is 2.32. The Labute approximate surface area is 179 Å². The predicted octanol–water partition coefficient (Wildman–Crippen LogP) is 4.41. The molecular weight excluding hydrogens is 402 g/mol. The van der Waals surface area contributed by atoms with Crippen LogP contribution in [0.25, 0.3) is 0 Å². The molecule has 3 rings (SSSR count). The molecule has 3 atom stereocenters. The second-order valence-corrected chi connectivity index (χ2v) is 8.63. The number of Topliss-reactive ketones (excluding diaryl/α,β-unsaturated/α-hetero) is 1. The fourth-order valence-corrected chi connectivity index (χ4v) is 4.91. The van der Waals surface area contributed by atoms with Gasteiger partial charge in [0.15, 0.2) is 5.78 Å². The maximum absolute atomic E-state index is 13.2. The van der Waals surface area contributed by atoms with Gasteiger partial charge in [-0.05, 0) is 6.92 Å². The van der Waals surface area contributed by atoms with Gasteiger partial charge in [0.25, 0.3) is 0 Å². The SMILES string of the molecule is C[C@@H]1CCC[N+]1(C(=O)O)C(=O)CC(SC(=O)c1ccccc1)C(=O)c1ccccc1. The normalized spacial score (nSPS) is 21.7. The Morgan fingerprint density at radius 3 is 2.07 bits per heavy atom. The van der Waals surface area contributed by atoms with Gasteiger partial charge in [-0.2, -0.15) is 9.28 Å². The average Bonchev–Trinajstić information content (AvgIpc) is 3.16. The van der Waals surface area contributed by atoms with E-state index in [-0.39, 0.29) is 29.9 Å². The van der Waals surface area contributed by atoms with Crippen molar-refractivity contribution in [3.63, 3.8) is 0 Å². The molecular formula is C23H24NO5S+. The van der Waals surface area contributed by atoms with Crippen molar-refractivity contribution in [2.24, 2.45) is 0 Å². The van der Waals surface area contributed by atoms with Gasteiger partial charge < -0.3 is 5.11 Å². The molecule has 1 aliphatic heterocycles. The minimum absolute atomic E-state index is 0.207. The number of quaternary nitrogens is 1. The lowest BCUT2D eigenvalue weighted by atomic mass is 10.0. The molecule has 30 heavy (non-hydrogen) atoms. The number of thioether (sulfide) groups is 1. The lowest BCUT2D eigenvalue weighted by Crippen LogP contribution is -2.59. The van der Waals surface area contributed by atoms with Crippen LogP contribution in [0.1, 0.15) is 46.9 Å². The van der Waals surface area contributed by atoms with E-state index in [4.69, 9.17) is 0 Å². The molecule has 0 saturated carbocycles. The molecule has 1 aliphatic rings. The molecule has 1 N–H and O–H groups in total.